The summed E-state index contributed by atoms with van der Waals surface area (Å²) in [7, 11) is 1.60. The summed E-state index contributed by atoms with van der Waals surface area (Å²) in [5.41, 5.74) is 0.793. The highest BCUT2D eigenvalue weighted by atomic mass is 16.5. The summed E-state index contributed by atoms with van der Waals surface area (Å²) in [6.07, 6.45) is 1.22. The molecular formula is C18H26N2O4. The lowest BCUT2D eigenvalue weighted by Gasteiger charge is -2.17. The second kappa shape index (κ2) is 8.68. The van der Waals surface area contributed by atoms with Crippen molar-refractivity contribution in [3.05, 3.63) is 24.3 Å². The predicted molar refractivity (Wildman–Crippen MR) is 92.2 cm³/mol. The van der Waals surface area contributed by atoms with Crippen molar-refractivity contribution in [2.45, 2.75) is 32.8 Å². The van der Waals surface area contributed by atoms with E-state index in [1.54, 1.807) is 12.0 Å². The first-order valence-electron chi connectivity index (χ1n) is 8.35. The Hall–Kier alpha value is -2.08. The molecule has 0 aliphatic carbocycles. The highest BCUT2D eigenvalue weighted by Gasteiger charge is 2.34. The minimum absolute atomic E-state index is 0.0246. The summed E-state index contributed by atoms with van der Waals surface area (Å²) in [5, 5.41) is 2.89. The molecule has 0 aromatic heterocycles. The molecule has 1 aromatic carbocycles. The van der Waals surface area contributed by atoms with Gasteiger partial charge in [0.2, 0.25) is 11.8 Å². The van der Waals surface area contributed by atoms with Crippen LogP contribution in [0, 0.1) is 5.92 Å². The number of anilines is 1. The number of ether oxygens (including phenoxy) is 2. The molecule has 0 spiro atoms. The van der Waals surface area contributed by atoms with Crippen LogP contribution in [0.4, 0.5) is 5.69 Å². The third-order valence-corrected chi connectivity index (χ3v) is 3.95. The number of carbonyl (C=O) groups is 2. The van der Waals surface area contributed by atoms with Crippen LogP contribution >= 0.6 is 0 Å². The number of nitrogens with zero attached hydrogens (tertiary/aromatic N) is 1. The molecule has 6 nitrogen and oxygen atoms in total. The fraction of sp³-hybridized carbons (Fsp3) is 0.556. The van der Waals surface area contributed by atoms with Crippen molar-refractivity contribution in [2.75, 3.05) is 31.7 Å². The van der Waals surface area contributed by atoms with Crippen LogP contribution in [0.3, 0.4) is 0 Å². The van der Waals surface area contributed by atoms with Crippen LogP contribution in [0.1, 0.15) is 26.7 Å². The van der Waals surface area contributed by atoms with Gasteiger partial charge in [-0.3, -0.25) is 9.59 Å². The van der Waals surface area contributed by atoms with Crippen molar-refractivity contribution < 1.29 is 19.1 Å². The van der Waals surface area contributed by atoms with Gasteiger partial charge in [0, 0.05) is 31.8 Å². The van der Waals surface area contributed by atoms with Crippen LogP contribution in [0.2, 0.25) is 0 Å². The number of rotatable bonds is 8. The molecule has 1 unspecified atom stereocenters. The molecule has 1 aliphatic rings. The summed E-state index contributed by atoms with van der Waals surface area (Å²) in [6.45, 7) is 5.57. The Bertz CT molecular complexity index is 557. The van der Waals surface area contributed by atoms with Gasteiger partial charge in [0.1, 0.15) is 5.75 Å². The van der Waals surface area contributed by atoms with Gasteiger partial charge in [0.15, 0.2) is 0 Å². The monoisotopic (exact) mass is 334 g/mol. The van der Waals surface area contributed by atoms with Crippen molar-refractivity contribution in [2.24, 2.45) is 5.92 Å². The van der Waals surface area contributed by atoms with Crippen LogP contribution in [0.25, 0.3) is 0 Å². The van der Waals surface area contributed by atoms with E-state index >= 15 is 0 Å². The Balaban J connectivity index is 1.81. The number of amides is 2. The number of carbonyl (C=O) groups excluding carboxylic acids is 2. The Kier molecular flexibility index (Phi) is 6.61. The van der Waals surface area contributed by atoms with Gasteiger partial charge in [-0.25, -0.2) is 0 Å². The maximum absolute atomic E-state index is 12.2. The fourth-order valence-corrected chi connectivity index (χ4v) is 2.64. The number of benzene rings is 1. The number of hydrogen-bond acceptors (Lipinski definition) is 4. The Morgan fingerprint density at radius 2 is 2.04 bits per heavy atom. The first-order valence-corrected chi connectivity index (χ1v) is 8.35. The molecule has 2 rings (SSSR count). The van der Waals surface area contributed by atoms with Gasteiger partial charge in [-0.05, 0) is 44.5 Å². The molecule has 1 aliphatic heterocycles. The van der Waals surface area contributed by atoms with Gasteiger partial charge in [0.25, 0.3) is 0 Å². The zero-order valence-electron chi connectivity index (χ0n) is 14.6. The molecule has 2 amide bonds. The molecule has 1 N–H and O–H groups in total. The van der Waals surface area contributed by atoms with E-state index in [-0.39, 0.29) is 30.3 Å². The number of nitrogens with one attached hydrogen (secondary N) is 1. The average molecular weight is 334 g/mol. The normalized spacial score (nSPS) is 17.4. The zero-order chi connectivity index (χ0) is 17.5. The number of hydrogen-bond donors (Lipinski definition) is 1. The molecule has 1 fully saturated rings. The molecule has 1 saturated heterocycles. The SMILES string of the molecule is COc1ccc(N2CC(C(=O)NCCCOC(C)C)CC2=O)cc1. The molecule has 24 heavy (non-hydrogen) atoms. The van der Waals surface area contributed by atoms with Gasteiger partial charge >= 0.3 is 0 Å². The summed E-state index contributed by atoms with van der Waals surface area (Å²) < 4.78 is 10.6. The van der Waals surface area contributed by atoms with E-state index < -0.39 is 0 Å². The lowest BCUT2D eigenvalue weighted by Crippen LogP contribution is -2.34. The molecule has 1 atom stereocenters. The van der Waals surface area contributed by atoms with E-state index in [4.69, 9.17) is 9.47 Å². The van der Waals surface area contributed by atoms with Crippen LogP contribution < -0.4 is 15.0 Å². The Morgan fingerprint density at radius 1 is 1.33 bits per heavy atom. The van der Waals surface area contributed by atoms with E-state index in [9.17, 15) is 9.59 Å². The summed E-state index contributed by atoms with van der Waals surface area (Å²) >= 11 is 0. The van der Waals surface area contributed by atoms with Gasteiger partial charge in [-0.2, -0.15) is 0 Å². The molecular weight excluding hydrogens is 308 g/mol. The third-order valence-electron chi connectivity index (χ3n) is 3.95. The van der Waals surface area contributed by atoms with Crippen LogP contribution in [0.5, 0.6) is 5.75 Å². The minimum Gasteiger partial charge on any atom is -0.497 e. The van der Waals surface area contributed by atoms with Crippen molar-refractivity contribution in [3.8, 4) is 5.75 Å². The standard InChI is InChI=1S/C18H26N2O4/c1-13(2)24-10-4-9-19-18(22)14-11-17(21)20(12-14)15-5-7-16(23-3)8-6-15/h5-8,13-14H,4,9-12H2,1-3H3,(H,19,22). The van der Waals surface area contributed by atoms with E-state index in [1.807, 2.05) is 38.1 Å². The maximum Gasteiger partial charge on any atom is 0.227 e. The highest BCUT2D eigenvalue weighted by Crippen LogP contribution is 2.26. The summed E-state index contributed by atoms with van der Waals surface area (Å²) in [4.78, 5) is 26.1. The van der Waals surface area contributed by atoms with Gasteiger partial charge in [0.05, 0.1) is 19.1 Å². The zero-order valence-corrected chi connectivity index (χ0v) is 14.6. The second-order valence-corrected chi connectivity index (χ2v) is 6.17. The van der Waals surface area contributed by atoms with Gasteiger partial charge in [-0.15, -0.1) is 0 Å². The molecule has 132 valence electrons. The molecule has 1 heterocycles. The topological polar surface area (TPSA) is 67.9 Å². The smallest absolute Gasteiger partial charge is 0.227 e. The average Bonchev–Trinajstić information content (AvgIpc) is 2.96. The fourth-order valence-electron chi connectivity index (χ4n) is 2.64. The van der Waals surface area contributed by atoms with E-state index in [2.05, 4.69) is 5.32 Å². The van der Waals surface area contributed by atoms with Crippen LogP contribution in [-0.4, -0.2) is 44.7 Å². The van der Waals surface area contributed by atoms with E-state index in [1.165, 1.54) is 0 Å². The lowest BCUT2D eigenvalue weighted by molar-refractivity contribution is -0.126. The van der Waals surface area contributed by atoms with Crippen LogP contribution in [-0.2, 0) is 14.3 Å². The maximum atomic E-state index is 12.2. The Morgan fingerprint density at radius 3 is 2.67 bits per heavy atom. The molecule has 0 saturated carbocycles. The first kappa shape index (κ1) is 18.3. The van der Waals surface area contributed by atoms with Crippen molar-refractivity contribution in [1.82, 2.24) is 5.32 Å². The highest BCUT2D eigenvalue weighted by molar-refractivity contribution is 6.00. The van der Waals surface area contributed by atoms with Crippen molar-refractivity contribution in [3.63, 3.8) is 0 Å². The molecule has 0 bridgehead atoms. The number of methoxy groups -OCH3 is 1. The third kappa shape index (κ3) is 4.96. The largest absolute Gasteiger partial charge is 0.497 e. The molecule has 1 aromatic rings. The lowest BCUT2D eigenvalue weighted by atomic mass is 10.1. The van der Waals surface area contributed by atoms with Gasteiger partial charge in [-0.1, -0.05) is 0 Å². The summed E-state index contributed by atoms with van der Waals surface area (Å²) in [5.74, 6) is 0.348. The van der Waals surface area contributed by atoms with Crippen LogP contribution in [0.15, 0.2) is 24.3 Å². The Labute approximate surface area is 143 Å². The first-order chi connectivity index (χ1) is 11.5. The van der Waals surface area contributed by atoms with Gasteiger partial charge < -0.3 is 19.7 Å². The molecule has 6 heteroatoms. The minimum atomic E-state index is -0.300. The quantitative estimate of drug-likeness (QED) is 0.738. The van der Waals surface area contributed by atoms with Crippen molar-refractivity contribution in [1.29, 1.82) is 0 Å². The van der Waals surface area contributed by atoms with E-state index in [0.29, 0.717) is 19.7 Å². The van der Waals surface area contributed by atoms with E-state index in [0.717, 1.165) is 17.9 Å². The second-order valence-electron chi connectivity index (χ2n) is 6.17. The molecule has 0 radical (unpaired) electrons. The summed E-state index contributed by atoms with van der Waals surface area (Å²) in [6, 6.07) is 7.29. The van der Waals surface area contributed by atoms with Crippen molar-refractivity contribution >= 4 is 17.5 Å². The predicted octanol–water partition coefficient (Wildman–Crippen LogP) is 1.98.